The molecular formula is C18H18ClN5O. The van der Waals surface area contributed by atoms with Crippen LogP contribution in [-0.4, -0.2) is 47.1 Å². The van der Waals surface area contributed by atoms with Crippen molar-refractivity contribution >= 4 is 35.2 Å². The number of hydrogen-bond acceptors (Lipinski definition) is 4. The zero-order chi connectivity index (χ0) is 17.2. The molecule has 7 heteroatoms. The highest BCUT2D eigenvalue weighted by atomic mass is 35.5. The molecule has 0 atom stereocenters. The lowest BCUT2D eigenvalue weighted by Crippen LogP contribution is -2.50. The molecule has 0 saturated carbocycles. The second-order valence-corrected chi connectivity index (χ2v) is 6.52. The van der Waals surface area contributed by atoms with Crippen LogP contribution in [0.2, 0.25) is 5.02 Å². The molecule has 0 radical (unpaired) electrons. The fourth-order valence-corrected chi connectivity index (χ4v) is 3.38. The molecule has 0 spiro atoms. The van der Waals surface area contributed by atoms with E-state index in [0.29, 0.717) is 23.8 Å². The molecule has 1 aliphatic carbocycles. The molecule has 2 heterocycles. The monoisotopic (exact) mass is 355 g/mol. The van der Waals surface area contributed by atoms with Crippen molar-refractivity contribution < 1.29 is 4.79 Å². The van der Waals surface area contributed by atoms with Crippen molar-refractivity contribution in [3.05, 3.63) is 52.9 Å². The van der Waals surface area contributed by atoms with Gasteiger partial charge >= 0.3 is 6.03 Å². The predicted molar refractivity (Wildman–Crippen MR) is 99.0 cm³/mol. The highest BCUT2D eigenvalue weighted by molar-refractivity contribution is 6.30. The highest BCUT2D eigenvalue weighted by Crippen LogP contribution is 2.27. The van der Waals surface area contributed by atoms with Crippen molar-refractivity contribution in [2.45, 2.75) is 6.42 Å². The Morgan fingerprint density at radius 1 is 1.16 bits per heavy atom. The first-order valence-electron chi connectivity index (χ1n) is 8.27. The number of carbonyl (C=O) groups is 1. The van der Waals surface area contributed by atoms with Crippen LogP contribution in [0.15, 0.2) is 36.7 Å². The second kappa shape index (κ2) is 6.72. The zero-order valence-electron chi connectivity index (χ0n) is 13.7. The molecule has 1 fully saturated rings. The highest BCUT2D eigenvalue weighted by Gasteiger charge is 2.24. The van der Waals surface area contributed by atoms with Gasteiger partial charge in [0, 0.05) is 48.9 Å². The third kappa shape index (κ3) is 3.30. The number of piperazine rings is 1. The van der Waals surface area contributed by atoms with Gasteiger partial charge in [-0.1, -0.05) is 29.8 Å². The third-order valence-electron chi connectivity index (χ3n) is 4.48. The molecule has 2 amide bonds. The van der Waals surface area contributed by atoms with E-state index in [1.165, 1.54) is 0 Å². The smallest absolute Gasteiger partial charge is 0.321 e. The Morgan fingerprint density at radius 3 is 2.80 bits per heavy atom. The van der Waals surface area contributed by atoms with Gasteiger partial charge in [-0.2, -0.15) is 0 Å². The van der Waals surface area contributed by atoms with Crippen LogP contribution < -0.4 is 10.2 Å². The van der Waals surface area contributed by atoms with Gasteiger partial charge < -0.3 is 15.1 Å². The molecule has 0 bridgehead atoms. The Labute approximate surface area is 151 Å². The molecule has 1 aromatic heterocycles. The van der Waals surface area contributed by atoms with Crippen molar-refractivity contribution in [1.82, 2.24) is 14.9 Å². The molecule has 1 N–H and O–H groups in total. The first-order valence-corrected chi connectivity index (χ1v) is 8.65. The molecule has 1 saturated heterocycles. The summed E-state index contributed by atoms with van der Waals surface area (Å²) in [5, 5.41) is 3.50. The summed E-state index contributed by atoms with van der Waals surface area (Å²) in [4.78, 5) is 25.2. The zero-order valence-corrected chi connectivity index (χ0v) is 14.4. The molecule has 2 aliphatic rings. The van der Waals surface area contributed by atoms with Crippen LogP contribution in [0.1, 0.15) is 11.3 Å². The first-order chi connectivity index (χ1) is 12.2. The Hall–Kier alpha value is -2.60. The molecule has 6 nitrogen and oxygen atoms in total. The largest absolute Gasteiger partial charge is 0.352 e. The molecule has 1 aromatic carbocycles. The standard InChI is InChI=1S/C18H18ClN5O/c19-13-3-1-4-14(11-13)22-18(25)24-9-7-23(8-10-24)17-15-5-2-6-16(15)20-12-21-17/h1-5,11-12H,6-10H2,(H,22,25). The Kier molecular flexibility index (Phi) is 4.28. The van der Waals surface area contributed by atoms with Gasteiger partial charge in [-0.15, -0.1) is 0 Å². The van der Waals surface area contributed by atoms with Gasteiger partial charge in [-0.3, -0.25) is 0 Å². The summed E-state index contributed by atoms with van der Waals surface area (Å²) in [6.45, 7) is 2.80. The van der Waals surface area contributed by atoms with E-state index in [1.807, 2.05) is 17.0 Å². The number of allylic oxidation sites excluding steroid dienone is 1. The van der Waals surface area contributed by atoms with Crippen LogP contribution in [0.4, 0.5) is 16.3 Å². The fraction of sp³-hybridized carbons (Fsp3) is 0.278. The molecule has 0 unspecified atom stereocenters. The van der Waals surface area contributed by atoms with E-state index in [9.17, 15) is 4.79 Å². The van der Waals surface area contributed by atoms with Crippen LogP contribution in [0.5, 0.6) is 0 Å². The van der Waals surface area contributed by atoms with Crippen LogP contribution in [0, 0.1) is 0 Å². The average molecular weight is 356 g/mol. The van der Waals surface area contributed by atoms with Gasteiger partial charge in [0.05, 0.1) is 5.69 Å². The topological polar surface area (TPSA) is 61.4 Å². The number of rotatable bonds is 2. The van der Waals surface area contributed by atoms with Crippen molar-refractivity contribution in [3.8, 4) is 0 Å². The lowest BCUT2D eigenvalue weighted by atomic mass is 10.2. The number of hydrogen-bond donors (Lipinski definition) is 1. The molecule has 4 rings (SSSR count). The number of aromatic nitrogens is 2. The molecule has 25 heavy (non-hydrogen) atoms. The van der Waals surface area contributed by atoms with E-state index in [4.69, 9.17) is 11.6 Å². The van der Waals surface area contributed by atoms with Gasteiger partial charge in [0.15, 0.2) is 0 Å². The summed E-state index contributed by atoms with van der Waals surface area (Å²) in [5.74, 6) is 0.966. The normalized spacial score (nSPS) is 16.0. The molecular weight excluding hydrogens is 338 g/mol. The molecule has 1 aliphatic heterocycles. The minimum absolute atomic E-state index is 0.102. The van der Waals surface area contributed by atoms with E-state index in [-0.39, 0.29) is 6.03 Å². The average Bonchev–Trinajstić information content (AvgIpc) is 3.10. The number of urea groups is 1. The first kappa shape index (κ1) is 15.9. The quantitative estimate of drug-likeness (QED) is 0.899. The number of fused-ring (bicyclic) bond motifs is 1. The van der Waals surface area contributed by atoms with E-state index in [2.05, 4.69) is 32.3 Å². The predicted octanol–water partition coefficient (Wildman–Crippen LogP) is 3.05. The fourth-order valence-electron chi connectivity index (χ4n) is 3.19. The van der Waals surface area contributed by atoms with Crippen molar-refractivity contribution in [3.63, 3.8) is 0 Å². The summed E-state index contributed by atoms with van der Waals surface area (Å²) in [6.07, 6.45) is 6.69. The Morgan fingerprint density at radius 2 is 2.00 bits per heavy atom. The van der Waals surface area contributed by atoms with Gasteiger partial charge in [0.1, 0.15) is 12.1 Å². The van der Waals surface area contributed by atoms with Crippen LogP contribution in [0.3, 0.4) is 0 Å². The summed E-state index contributed by atoms with van der Waals surface area (Å²) in [6, 6.07) is 7.07. The number of nitrogens with one attached hydrogen (secondary N) is 1. The second-order valence-electron chi connectivity index (χ2n) is 6.08. The maximum absolute atomic E-state index is 12.4. The van der Waals surface area contributed by atoms with Gasteiger partial charge in [0.2, 0.25) is 0 Å². The molecule has 128 valence electrons. The van der Waals surface area contributed by atoms with E-state index in [1.54, 1.807) is 18.5 Å². The van der Waals surface area contributed by atoms with Crippen LogP contribution in [0.25, 0.3) is 6.08 Å². The summed E-state index contributed by atoms with van der Waals surface area (Å²) < 4.78 is 0. The van der Waals surface area contributed by atoms with Gasteiger partial charge in [-0.25, -0.2) is 14.8 Å². The molecule has 2 aromatic rings. The number of anilines is 2. The van der Waals surface area contributed by atoms with E-state index in [0.717, 1.165) is 36.6 Å². The summed E-state index contributed by atoms with van der Waals surface area (Å²) in [7, 11) is 0. The van der Waals surface area contributed by atoms with Crippen molar-refractivity contribution in [2.24, 2.45) is 0 Å². The Bertz CT molecular complexity index is 830. The maximum Gasteiger partial charge on any atom is 0.321 e. The van der Waals surface area contributed by atoms with Crippen molar-refractivity contribution in [2.75, 3.05) is 36.4 Å². The number of benzene rings is 1. The number of nitrogens with zero attached hydrogens (tertiary/aromatic N) is 4. The van der Waals surface area contributed by atoms with Crippen LogP contribution >= 0.6 is 11.6 Å². The summed E-state index contributed by atoms with van der Waals surface area (Å²) in [5.41, 5.74) is 2.89. The minimum Gasteiger partial charge on any atom is -0.352 e. The number of halogens is 1. The summed E-state index contributed by atoms with van der Waals surface area (Å²) >= 11 is 5.96. The number of amides is 2. The van der Waals surface area contributed by atoms with Gasteiger partial charge in [-0.05, 0) is 18.2 Å². The Balaban J connectivity index is 1.39. The van der Waals surface area contributed by atoms with E-state index < -0.39 is 0 Å². The van der Waals surface area contributed by atoms with E-state index >= 15 is 0 Å². The van der Waals surface area contributed by atoms with Gasteiger partial charge in [0.25, 0.3) is 0 Å². The minimum atomic E-state index is -0.102. The number of carbonyl (C=O) groups excluding carboxylic acids is 1. The SMILES string of the molecule is O=C(Nc1cccc(Cl)c1)N1CCN(c2ncnc3c2C=CC3)CC1. The third-order valence-corrected chi connectivity index (χ3v) is 4.72. The van der Waals surface area contributed by atoms with Crippen molar-refractivity contribution in [1.29, 1.82) is 0 Å². The lowest BCUT2D eigenvalue weighted by molar-refractivity contribution is 0.208. The van der Waals surface area contributed by atoms with Crippen LogP contribution in [-0.2, 0) is 6.42 Å². The maximum atomic E-state index is 12.4. The lowest BCUT2D eigenvalue weighted by Gasteiger charge is -2.35.